The number of hydrogen-bond donors (Lipinski definition) is 1. The summed E-state index contributed by atoms with van der Waals surface area (Å²) in [6, 6.07) is 6.06. The average Bonchev–Trinajstić information content (AvgIpc) is 2.61. The Morgan fingerprint density at radius 1 is 1.31 bits per heavy atom. The molecule has 0 amide bonds. The van der Waals surface area contributed by atoms with E-state index in [1.54, 1.807) is 0 Å². The van der Waals surface area contributed by atoms with E-state index in [-0.39, 0.29) is 0 Å². The largest absolute Gasteiger partial charge is 0.361 e. The standard InChI is InChI=1S/C10H6N3/c1-2-12-9-4-8-5-11-6-13-10(8)3-7(1)9/h1-4,6,12H. The fraction of sp³-hybridized carbons (Fsp3) is 0. The third kappa shape index (κ3) is 0.902. The van der Waals surface area contributed by atoms with E-state index in [4.69, 9.17) is 0 Å². The molecule has 0 atom stereocenters. The van der Waals surface area contributed by atoms with Crippen LogP contribution < -0.4 is 0 Å². The van der Waals surface area contributed by atoms with E-state index in [0.717, 1.165) is 16.4 Å². The number of aromatic nitrogens is 3. The highest BCUT2D eigenvalue weighted by Crippen LogP contribution is 2.18. The van der Waals surface area contributed by atoms with Crippen LogP contribution in [0.4, 0.5) is 0 Å². The summed E-state index contributed by atoms with van der Waals surface area (Å²) in [6.07, 6.45) is 6.33. The molecule has 0 unspecified atom stereocenters. The van der Waals surface area contributed by atoms with Gasteiger partial charge in [-0.1, -0.05) is 0 Å². The number of hydrogen-bond acceptors (Lipinski definition) is 2. The fourth-order valence-corrected chi connectivity index (χ4v) is 1.47. The summed E-state index contributed by atoms with van der Waals surface area (Å²) in [5.74, 6) is 0. The summed E-state index contributed by atoms with van der Waals surface area (Å²) >= 11 is 0. The molecule has 2 heterocycles. The second-order valence-electron chi connectivity index (χ2n) is 2.92. The lowest BCUT2D eigenvalue weighted by atomic mass is 10.2. The molecule has 1 N–H and O–H groups in total. The maximum atomic E-state index is 4.15. The van der Waals surface area contributed by atoms with Crippen molar-refractivity contribution < 1.29 is 0 Å². The number of fused-ring (bicyclic) bond motifs is 2. The zero-order chi connectivity index (χ0) is 8.67. The summed E-state index contributed by atoms with van der Waals surface area (Å²) in [5, 5.41) is 2.11. The molecule has 0 fully saturated rings. The Bertz CT molecular complexity index is 519. The van der Waals surface area contributed by atoms with E-state index in [2.05, 4.69) is 21.1 Å². The molecule has 0 spiro atoms. The van der Waals surface area contributed by atoms with Crippen molar-refractivity contribution in [2.45, 2.75) is 0 Å². The average molecular weight is 168 g/mol. The Hall–Kier alpha value is -1.90. The highest BCUT2D eigenvalue weighted by Gasteiger charge is 1.98. The minimum absolute atomic E-state index is 0.933. The zero-order valence-electron chi connectivity index (χ0n) is 6.78. The minimum atomic E-state index is 0.933. The summed E-state index contributed by atoms with van der Waals surface area (Å²) in [7, 11) is 0. The van der Waals surface area contributed by atoms with Crippen LogP contribution in [0.5, 0.6) is 0 Å². The van der Waals surface area contributed by atoms with Gasteiger partial charge < -0.3 is 4.98 Å². The molecule has 0 aliphatic rings. The van der Waals surface area contributed by atoms with Crippen LogP contribution >= 0.6 is 0 Å². The number of nitrogens with zero attached hydrogens (tertiary/aromatic N) is 2. The number of benzene rings is 1. The topological polar surface area (TPSA) is 41.6 Å². The lowest BCUT2D eigenvalue weighted by molar-refractivity contribution is 1.21. The van der Waals surface area contributed by atoms with Gasteiger partial charge in [0, 0.05) is 22.5 Å². The Kier molecular flexibility index (Phi) is 1.16. The van der Waals surface area contributed by atoms with Gasteiger partial charge >= 0.3 is 0 Å². The number of rotatable bonds is 0. The lowest BCUT2D eigenvalue weighted by Crippen LogP contribution is -1.80. The first-order valence-corrected chi connectivity index (χ1v) is 4.03. The second kappa shape index (κ2) is 2.29. The molecule has 3 rings (SSSR count). The molecule has 1 radical (unpaired) electrons. The summed E-state index contributed by atoms with van der Waals surface area (Å²) in [6.45, 7) is 0. The second-order valence-corrected chi connectivity index (χ2v) is 2.92. The van der Waals surface area contributed by atoms with Gasteiger partial charge in [-0.2, -0.15) is 0 Å². The summed E-state index contributed by atoms with van der Waals surface area (Å²) < 4.78 is 0. The van der Waals surface area contributed by atoms with E-state index < -0.39 is 0 Å². The molecule has 2 aromatic heterocycles. The molecule has 0 bridgehead atoms. The molecule has 0 aliphatic carbocycles. The van der Waals surface area contributed by atoms with Crippen LogP contribution in [-0.2, 0) is 0 Å². The Morgan fingerprint density at radius 3 is 3.31 bits per heavy atom. The van der Waals surface area contributed by atoms with Gasteiger partial charge in [0.15, 0.2) is 0 Å². The van der Waals surface area contributed by atoms with Crippen molar-refractivity contribution in [3.05, 3.63) is 36.9 Å². The Labute approximate surface area is 74.4 Å². The summed E-state index contributed by atoms with van der Waals surface area (Å²) in [4.78, 5) is 11.1. The van der Waals surface area contributed by atoms with E-state index in [0.29, 0.717) is 0 Å². The van der Waals surface area contributed by atoms with Gasteiger partial charge in [0.25, 0.3) is 0 Å². The van der Waals surface area contributed by atoms with E-state index in [1.165, 1.54) is 11.7 Å². The predicted octanol–water partition coefficient (Wildman–Crippen LogP) is 1.91. The number of aromatic amines is 1. The van der Waals surface area contributed by atoms with Crippen molar-refractivity contribution in [3.8, 4) is 0 Å². The SMILES string of the molecule is [c]1ncnc2cc3cc[nH]c3cc12. The van der Waals surface area contributed by atoms with Crippen LogP contribution in [0, 0.1) is 6.20 Å². The Balaban J connectivity index is 2.57. The first-order chi connectivity index (χ1) is 6.43. The van der Waals surface area contributed by atoms with Gasteiger partial charge in [0.1, 0.15) is 12.5 Å². The third-order valence-electron chi connectivity index (χ3n) is 2.11. The van der Waals surface area contributed by atoms with Crippen LogP contribution in [0.2, 0.25) is 0 Å². The van der Waals surface area contributed by atoms with Crippen LogP contribution in [0.1, 0.15) is 0 Å². The molecule has 1 aromatic carbocycles. The molecule has 61 valence electrons. The molecule has 13 heavy (non-hydrogen) atoms. The highest BCUT2D eigenvalue weighted by molar-refractivity contribution is 5.94. The zero-order valence-corrected chi connectivity index (χ0v) is 6.78. The van der Waals surface area contributed by atoms with Crippen molar-refractivity contribution in [2.24, 2.45) is 0 Å². The third-order valence-corrected chi connectivity index (χ3v) is 2.11. The van der Waals surface area contributed by atoms with Crippen LogP contribution in [-0.4, -0.2) is 15.0 Å². The molecule has 3 nitrogen and oxygen atoms in total. The quantitative estimate of drug-likeness (QED) is 0.557. The molecule has 0 saturated heterocycles. The highest BCUT2D eigenvalue weighted by atomic mass is 14.8. The molecule has 0 saturated carbocycles. The van der Waals surface area contributed by atoms with E-state index in [9.17, 15) is 0 Å². The predicted molar refractivity (Wildman–Crippen MR) is 50.2 cm³/mol. The maximum absolute atomic E-state index is 4.15. The molecule has 0 aliphatic heterocycles. The number of nitrogens with one attached hydrogen (secondary N) is 1. The normalized spacial score (nSPS) is 11.1. The van der Waals surface area contributed by atoms with Gasteiger partial charge in [0.2, 0.25) is 0 Å². The van der Waals surface area contributed by atoms with Crippen LogP contribution in [0.3, 0.4) is 0 Å². The maximum Gasteiger partial charge on any atom is 0.116 e. The number of H-pyrrole nitrogens is 1. The van der Waals surface area contributed by atoms with Crippen LogP contribution in [0.25, 0.3) is 21.8 Å². The fourth-order valence-electron chi connectivity index (χ4n) is 1.47. The van der Waals surface area contributed by atoms with Gasteiger partial charge in [-0.3, -0.25) is 0 Å². The lowest BCUT2D eigenvalue weighted by Gasteiger charge is -1.94. The van der Waals surface area contributed by atoms with Crippen LogP contribution in [0.15, 0.2) is 30.7 Å². The first-order valence-electron chi connectivity index (χ1n) is 4.03. The molecular weight excluding hydrogens is 162 g/mol. The Morgan fingerprint density at radius 2 is 2.31 bits per heavy atom. The van der Waals surface area contributed by atoms with Crippen molar-refractivity contribution in [3.63, 3.8) is 0 Å². The van der Waals surface area contributed by atoms with Crippen molar-refractivity contribution >= 4 is 21.8 Å². The minimum Gasteiger partial charge on any atom is -0.361 e. The van der Waals surface area contributed by atoms with Gasteiger partial charge in [-0.25, -0.2) is 9.97 Å². The van der Waals surface area contributed by atoms with Crippen molar-refractivity contribution in [2.75, 3.05) is 0 Å². The van der Waals surface area contributed by atoms with E-state index >= 15 is 0 Å². The van der Waals surface area contributed by atoms with Gasteiger partial charge in [-0.05, 0) is 18.2 Å². The molecular formula is C10H6N3. The van der Waals surface area contributed by atoms with Gasteiger partial charge in [0.05, 0.1) is 5.52 Å². The summed E-state index contributed by atoms with van der Waals surface area (Å²) in [5.41, 5.74) is 2.03. The van der Waals surface area contributed by atoms with Crippen molar-refractivity contribution in [1.82, 2.24) is 15.0 Å². The monoisotopic (exact) mass is 168 g/mol. The first kappa shape index (κ1) is 6.60. The van der Waals surface area contributed by atoms with E-state index in [1.807, 2.05) is 24.4 Å². The smallest absolute Gasteiger partial charge is 0.116 e. The molecule has 3 heteroatoms. The van der Waals surface area contributed by atoms with Crippen molar-refractivity contribution in [1.29, 1.82) is 0 Å². The molecule has 3 aromatic rings. The van der Waals surface area contributed by atoms with Gasteiger partial charge in [-0.15, -0.1) is 0 Å².